The molecule has 0 heterocycles. The van der Waals surface area contributed by atoms with Crippen LogP contribution in [0.15, 0.2) is 42.0 Å². The third-order valence-electron chi connectivity index (χ3n) is 2.93. The first-order chi connectivity index (χ1) is 7.68. The molecule has 3 nitrogen and oxygen atoms in total. The highest BCUT2D eigenvalue weighted by Crippen LogP contribution is 2.46. The lowest BCUT2D eigenvalue weighted by molar-refractivity contribution is 0.494. The van der Waals surface area contributed by atoms with Gasteiger partial charge in [0.2, 0.25) is 0 Å². The Morgan fingerprint density at radius 2 is 2.06 bits per heavy atom. The van der Waals surface area contributed by atoms with Gasteiger partial charge in [-0.2, -0.15) is 0 Å². The van der Waals surface area contributed by atoms with E-state index in [1.807, 2.05) is 36.4 Å². The van der Waals surface area contributed by atoms with Gasteiger partial charge in [-0.3, -0.25) is 4.57 Å². The third kappa shape index (κ3) is 2.43. The quantitative estimate of drug-likeness (QED) is 0.626. The molecular weight excluding hydrogens is 221 g/mol. The monoisotopic (exact) mass is 237 g/mol. The maximum atomic E-state index is 11.5. The van der Waals surface area contributed by atoms with E-state index in [-0.39, 0.29) is 11.7 Å². The van der Waals surface area contributed by atoms with Crippen LogP contribution in [0.1, 0.15) is 24.1 Å². The Hall–Kier alpha value is -0.890. The van der Waals surface area contributed by atoms with Crippen molar-refractivity contribution in [2.45, 2.75) is 24.5 Å². The van der Waals surface area contributed by atoms with E-state index in [4.69, 9.17) is 5.73 Å². The van der Waals surface area contributed by atoms with Crippen molar-refractivity contribution in [2.75, 3.05) is 0 Å². The van der Waals surface area contributed by atoms with Crippen LogP contribution in [0.3, 0.4) is 0 Å². The van der Waals surface area contributed by atoms with E-state index in [1.54, 1.807) is 0 Å². The van der Waals surface area contributed by atoms with Crippen molar-refractivity contribution in [1.82, 2.24) is 0 Å². The summed E-state index contributed by atoms with van der Waals surface area (Å²) in [5.41, 5.74) is 7.40. The van der Waals surface area contributed by atoms with E-state index in [0.717, 1.165) is 24.0 Å². The summed E-state index contributed by atoms with van der Waals surface area (Å²) < 4.78 is 11.5. The van der Waals surface area contributed by atoms with Crippen molar-refractivity contribution >= 4 is 8.03 Å². The number of benzene rings is 1. The molecule has 86 valence electrons. The molecule has 0 aromatic heterocycles. The molecule has 0 amide bonds. The molecule has 3 unspecified atom stereocenters. The van der Waals surface area contributed by atoms with Gasteiger partial charge in [0.1, 0.15) is 0 Å². The summed E-state index contributed by atoms with van der Waals surface area (Å²) in [5.74, 6) is 0. The fourth-order valence-corrected chi connectivity index (χ4v) is 3.20. The summed E-state index contributed by atoms with van der Waals surface area (Å²) in [4.78, 5) is 9.48. The Labute approximate surface area is 95.9 Å². The van der Waals surface area contributed by atoms with Gasteiger partial charge in [-0.1, -0.05) is 42.0 Å². The molecule has 0 spiro atoms. The number of rotatable bonds is 3. The van der Waals surface area contributed by atoms with E-state index in [0.29, 0.717) is 0 Å². The third-order valence-corrected chi connectivity index (χ3v) is 4.13. The van der Waals surface area contributed by atoms with Crippen molar-refractivity contribution in [1.29, 1.82) is 0 Å². The molecule has 0 radical (unpaired) electrons. The van der Waals surface area contributed by atoms with Crippen molar-refractivity contribution in [3.05, 3.63) is 47.5 Å². The largest absolute Gasteiger partial charge is 0.346 e. The Morgan fingerprint density at radius 3 is 2.56 bits per heavy atom. The maximum Gasteiger partial charge on any atom is 0.200 e. The lowest BCUT2D eigenvalue weighted by Crippen LogP contribution is -2.15. The summed E-state index contributed by atoms with van der Waals surface area (Å²) in [6.07, 6.45) is 3.56. The minimum atomic E-state index is -2.61. The molecule has 3 atom stereocenters. The van der Waals surface area contributed by atoms with Crippen LogP contribution in [0.5, 0.6) is 0 Å². The van der Waals surface area contributed by atoms with Crippen molar-refractivity contribution in [3.63, 3.8) is 0 Å². The molecule has 1 aromatic rings. The molecule has 4 heteroatoms. The van der Waals surface area contributed by atoms with Crippen molar-refractivity contribution < 1.29 is 9.46 Å². The van der Waals surface area contributed by atoms with E-state index >= 15 is 0 Å². The van der Waals surface area contributed by atoms with E-state index in [2.05, 4.69) is 0 Å². The Balaban J connectivity index is 2.29. The van der Waals surface area contributed by atoms with Crippen LogP contribution in [-0.4, -0.2) is 10.9 Å². The first-order valence-electron chi connectivity index (χ1n) is 5.40. The molecule has 0 bridgehead atoms. The lowest BCUT2D eigenvalue weighted by atomic mass is 10.0. The van der Waals surface area contributed by atoms with E-state index in [9.17, 15) is 9.46 Å². The average Bonchev–Trinajstić information content (AvgIpc) is 2.66. The number of hydrogen-bond acceptors (Lipinski definition) is 2. The van der Waals surface area contributed by atoms with Crippen molar-refractivity contribution in [3.8, 4) is 0 Å². The molecule has 3 N–H and O–H groups in total. The molecule has 1 aliphatic carbocycles. The SMILES string of the molecule is NC1CC=C(C(c2ccccc2)[PH](=O)O)C1. The minimum Gasteiger partial charge on any atom is -0.346 e. The fraction of sp³-hybridized carbons (Fsp3) is 0.333. The number of hydrogen-bond donors (Lipinski definition) is 2. The minimum absolute atomic E-state index is 0.113. The first-order valence-corrected chi connectivity index (χ1v) is 6.84. The summed E-state index contributed by atoms with van der Waals surface area (Å²) in [7, 11) is -2.61. The second-order valence-corrected chi connectivity index (χ2v) is 5.41. The van der Waals surface area contributed by atoms with Gasteiger partial charge < -0.3 is 10.6 Å². The second-order valence-electron chi connectivity index (χ2n) is 4.16. The second kappa shape index (κ2) is 4.96. The zero-order valence-electron chi connectivity index (χ0n) is 8.97. The normalized spacial score (nSPS) is 23.9. The highest BCUT2D eigenvalue weighted by molar-refractivity contribution is 7.38. The molecule has 1 aromatic carbocycles. The zero-order chi connectivity index (χ0) is 11.5. The van der Waals surface area contributed by atoms with Gasteiger partial charge in [0.25, 0.3) is 0 Å². The molecule has 0 fully saturated rings. The van der Waals surface area contributed by atoms with Crippen LogP contribution in [0, 0.1) is 0 Å². The topological polar surface area (TPSA) is 63.3 Å². The van der Waals surface area contributed by atoms with Crippen LogP contribution in [0.2, 0.25) is 0 Å². The fourth-order valence-electron chi connectivity index (χ4n) is 2.17. The summed E-state index contributed by atoms with van der Waals surface area (Å²) in [6, 6.07) is 9.60. The molecule has 0 aliphatic heterocycles. The van der Waals surface area contributed by atoms with Gasteiger partial charge in [0, 0.05) is 6.04 Å². The van der Waals surface area contributed by atoms with Crippen LogP contribution in [0.25, 0.3) is 0 Å². The molecule has 1 aliphatic rings. The maximum absolute atomic E-state index is 11.5. The standard InChI is InChI=1S/C12H16NO2P/c13-11-7-6-10(8-11)12(16(14)15)9-4-2-1-3-5-9/h1-6,11-12,16H,7-8,13H2,(H,14,15). The summed E-state index contributed by atoms with van der Waals surface area (Å²) >= 11 is 0. The molecule has 2 rings (SSSR count). The summed E-state index contributed by atoms with van der Waals surface area (Å²) in [5, 5.41) is 0. The molecule has 0 saturated carbocycles. The molecular formula is C12H16NO2P. The van der Waals surface area contributed by atoms with Crippen LogP contribution >= 0.6 is 8.03 Å². The van der Waals surface area contributed by atoms with Crippen LogP contribution < -0.4 is 5.73 Å². The van der Waals surface area contributed by atoms with Gasteiger partial charge >= 0.3 is 0 Å². The van der Waals surface area contributed by atoms with Gasteiger partial charge in [-0.25, -0.2) is 0 Å². The Morgan fingerprint density at radius 1 is 1.38 bits per heavy atom. The Bertz CT molecular complexity index is 416. The van der Waals surface area contributed by atoms with Gasteiger partial charge in [-0.05, 0) is 18.4 Å². The van der Waals surface area contributed by atoms with E-state index < -0.39 is 8.03 Å². The lowest BCUT2D eigenvalue weighted by Gasteiger charge is -2.16. The van der Waals surface area contributed by atoms with Crippen molar-refractivity contribution in [2.24, 2.45) is 5.73 Å². The predicted molar refractivity (Wildman–Crippen MR) is 65.7 cm³/mol. The van der Waals surface area contributed by atoms with Gasteiger partial charge in [0.05, 0.1) is 5.66 Å². The zero-order valence-corrected chi connectivity index (χ0v) is 9.97. The van der Waals surface area contributed by atoms with Gasteiger partial charge in [-0.15, -0.1) is 0 Å². The Kier molecular flexibility index (Phi) is 3.59. The van der Waals surface area contributed by atoms with Crippen LogP contribution in [0.4, 0.5) is 0 Å². The molecule has 16 heavy (non-hydrogen) atoms. The average molecular weight is 237 g/mol. The number of nitrogens with two attached hydrogens (primary N) is 1. The smallest absolute Gasteiger partial charge is 0.200 e. The highest BCUT2D eigenvalue weighted by atomic mass is 31.1. The van der Waals surface area contributed by atoms with E-state index in [1.165, 1.54) is 0 Å². The van der Waals surface area contributed by atoms with Crippen LogP contribution in [-0.2, 0) is 4.57 Å². The summed E-state index contributed by atoms with van der Waals surface area (Å²) in [6.45, 7) is 0. The molecule has 0 saturated heterocycles. The first kappa shape index (κ1) is 11.6. The predicted octanol–water partition coefficient (Wildman–Crippen LogP) is 2.24. The highest BCUT2D eigenvalue weighted by Gasteiger charge is 2.26. The van der Waals surface area contributed by atoms with Gasteiger partial charge in [0.15, 0.2) is 8.03 Å².